The van der Waals surface area contributed by atoms with Gasteiger partial charge in [-0.2, -0.15) is 0 Å². The molecular formula is C9H13N3OS. The fraction of sp³-hybridized carbons (Fsp3) is 0.556. The Hall–Kier alpha value is -0.940. The molecule has 0 bridgehead atoms. The van der Waals surface area contributed by atoms with Gasteiger partial charge in [0, 0.05) is 17.6 Å². The quantitative estimate of drug-likeness (QED) is 0.775. The van der Waals surface area contributed by atoms with Gasteiger partial charge in [-0.25, -0.2) is 4.98 Å². The predicted octanol–water partition coefficient (Wildman–Crippen LogP) is 0.511. The zero-order valence-electron chi connectivity index (χ0n) is 8.06. The molecule has 2 N–H and O–H groups in total. The van der Waals surface area contributed by atoms with E-state index in [-0.39, 0.29) is 11.9 Å². The summed E-state index contributed by atoms with van der Waals surface area (Å²) in [6, 6.07) is -0.295. The van der Waals surface area contributed by atoms with Crippen molar-refractivity contribution in [2.45, 2.75) is 25.9 Å². The Morgan fingerprint density at radius 2 is 2.57 bits per heavy atom. The highest BCUT2D eigenvalue weighted by Crippen LogP contribution is 2.17. The number of amides is 1. The molecule has 2 heterocycles. The fourth-order valence-corrected chi connectivity index (χ4v) is 2.36. The van der Waals surface area contributed by atoms with E-state index in [4.69, 9.17) is 5.73 Å². The van der Waals surface area contributed by atoms with Crippen LogP contribution in [0, 0.1) is 6.92 Å². The van der Waals surface area contributed by atoms with Gasteiger partial charge in [-0.15, -0.1) is 11.3 Å². The molecule has 1 aliphatic rings. The summed E-state index contributed by atoms with van der Waals surface area (Å²) in [5.41, 5.74) is 5.62. The summed E-state index contributed by atoms with van der Waals surface area (Å²) in [7, 11) is 0. The lowest BCUT2D eigenvalue weighted by molar-refractivity contribution is -0.129. The third-order valence-electron chi connectivity index (χ3n) is 2.33. The fourth-order valence-electron chi connectivity index (χ4n) is 1.56. The van der Waals surface area contributed by atoms with Crippen LogP contribution in [0.3, 0.4) is 0 Å². The van der Waals surface area contributed by atoms with E-state index >= 15 is 0 Å². The number of likely N-dealkylation sites (tertiary alicyclic amines) is 1. The molecule has 1 fully saturated rings. The van der Waals surface area contributed by atoms with Crippen LogP contribution in [0.5, 0.6) is 0 Å². The van der Waals surface area contributed by atoms with Crippen molar-refractivity contribution in [1.29, 1.82) is 0 Å². The highest BCUT2D eigenvalue weighted by molar-refractivity contribution is 7.11. The van der Waals surface area contributed by atoms with Crippen LogP contribution in [-0.4, -0.2) is 28.4 Å². The summed E-state index contributed by atoms with van der Waals surface area (Å²) >= 11 is 1.63. The first-order valence-electron chi connectivity index (χ1n) is 4.62. The Morgan fingerprint density at radius 3 is 3.07 bits per heavy atom. The van der Waals surface area contributed by atoms with Crippen molar-refractivity contribution in [1.82, 2.24) is 9.88 Å². The summed E-state index contributed by atoms with van der Waals surface area (Å²) in [5.74, 6) is 0.0536. The molecule has 1 amide bonds. The monoisotopic (exact) mass is 211 g/mol. The minimum absolute atomic E-state index is 0.0536. The number of thiazole rings is 1. The third-order valence-corrected chi connectivity index (χ3v) is 3.23. The standard InChI is InChI=1S/C9H13N3OS/c1-6-4-11-8(14-6)5-12-3-2-7(10)9(12)13/h4,7H,2-3,5,10H2,1H3. The lowest BCUT2D eigenvalue weighted by Crippen LogP contribution is -2.33. The van der Waals surface area contributed by atoms with Crippen molar-refractivity contribution >= 4 is 17.2 Å². The predicted molar refractivity (Wildman–Crippen MR) is 54.9 cm³/mol. The van der Waals surface area contributed by atoms with Crippen LogP contribution < -0.4 is 5.73 Å². The van der Waals surface area contributed by atoms with Crippen LogP contribution in [-0.2, 0) is 11.3 Å². The van der Waals surface area contributed by atoms with E-state index in [1.165, 1.54) is 4.88 Å². The number of nitrogens with two attached hydrogens (primary N) is 1. The van der Waals surface area contributed by atoms with Gasteiger partial charge < -0.3 is 10.6 Å². The van der Waals surface area contributed by atoms with Gasteiger partial charge in [0.1, 0.15) is 5.01 Å². The van der Waals surface area contributed by atoms with Crippen molar-refractivity contribution < 1.29 is 4.79 Å². The zero-order chi connectivity index (χ0) is 10.1. The highest BCUT2D eigenvalue weighted by Gasteiger charge is 2.28. The first kappa shape index (κ1) is 9.61. The van der Waals surface area contributed by atoms with E-state index < -0.39 is 0 Å². The van der Waals surface area contributed by atoms with Gasteiger partial charge in [-0.3, -0.25) is 4.79 Å². The molecule has 0 aromatic carbocycles. The average molecular weight is 211 g/mol. The molecule has 76 valence electrons. The zero-order valence-corrected chi connectivity index (χ0v) is 8.88. The Kier molecular flexibility index (Phi) is 2.52. The summed E-state index contributed by atoms with van der Waals surface area (Å²) in [5, 5.41) is 0.991. The Bertz CT molecular complexity index is 350. The molecule has 0 aliphatic carbocycles. The number of nitrogens with zero attached hydrogens (tertiary/aromatic N) is 2. The molecule has 0 radical (unpaired) electrons. The SMILES string of the molecule is Cc1cnc(CN2CCC(N)C2=O)s1. The summed E-state index contributed by atoms with van der Waals surface area (Å²) in [4.78, 5) is 18.7. The molecule has 1 unspecified atom stereocenters. The van der Waals surface area contributed by atoms with Gasteiger partial charge in [0.25, 0.3) is 0 Å². The summed E-state index contributed by atoms with van der Waals surface area (Å²) in [6.07, 6.45) is 2.60. The van der Waals surface area contributed by atoms with Gasteiger partial charge in [-0.1, -0.05) is 0 Å². The molecule has 5 heteroatoms. The molecule has 0 saturated carbocycles. The lowest BCUT2D eigenvalue weighted by atomic mass is 10.3. The second kappa shape index (κ2) is 3.67. The van der Waals surface area contributed by atoms with Crippen LogP contribution in [0.2, 0.25) is 0 Å². The summed E-state index contributed by atoms with van der Waals surface area (Å²) in [6.45, 7) is 3.39. The van der Waals surface area contributed by atoms with Gasteiger partial charge in [0.15, 0.2) is 0 Å². The van der Waals surface area contributed by atoms with Crippen molar-refractivity contribution in [2.24, 2.45) is 5.73 Å². The van der Waals surface area contributed by atoms with E-state index in [0.29, 0.717) is 6.54 Å². The first-order valence-corrected chi connectivity index (χ1v) is 5.44. The maximum Gasteiger partial charge on any atom is 0.239 e. The largest absolute Gasteiger partial charge is 0.335 e. The highest BCUT2D eigenvalue weighted by atomic mass is 32.1. The van der Waals surface area contributed by atoms with Gasteiger partial charge in [-0.05, 0) is 13.3 Å². The smallest absolute Gasteiger partial charge is 0.239 e. The number of hydrogen-bond donors (Lipinski definition) is 1. The van der Waals surface area contributed by atoms with E-state index in [0.717, 1.165) is 18.0 Å². The first-order chi connectivity index (χ1) is 6.66. The molecule has 1 aromatic heterocycles. The maximum atomic E-state index is 11.5. The van der Waals surface area contributed by atoms with Crippen LogP contribution in [0.25, 0.3) is 0 Å². The van der Waals surface area contributed by atoms with Gasteiger partial charge in [0.05, 0.1) is 12.6 Å². The molecule has 1 saturated heterocycles. The number of aryl methyl sites for hydroxylation is 1. The molecule has 1 atom stereocenters. The molecule has 4 nitrogen and oxygen atoms in total. The number of carbonyl (C=O) groups excluding carboxylic acids is 1. The van der Waals surface area contributed by atoms with E-state index in [9.17, 15) is 4.79 Å². The van der Waals surface area contributed by atoms with Crippen LogP contribution in [0.15, 0.2) is 6.20 Å². The van der Waals surface area contributed by atoms with Gasteiger partial charge >= 0.3 is 0 Å². The molecule has 1 aromatic rings. The Labute approximate surface area is 86.7 Å². The summed E-state index contributed by atoms with van der Waals surface area (Å²) < 4.78 is 0. The number of aromatic nitrogens is 1. The minimum atomic E-state index is -0.295. The van der Waals surface area contributed by atoms with Crippen molar-refractivity contribution in [3.8, 4) is 0 Å². The van der Waals surface area contributed by atoms with E-state index in [2.05, 4.69) is 4.98 Å². The van der Waals surface area contributed by atoms with Crippen LogP contribution >= 0.6 is 11.3 Å². The molecule has 2 rings (SSSR count). The number of carbonyl (C=O) groups is 1. The minimum Gasteiger partial charge on any atom is -0.335 e. The van der Waals surface area contributed by atoms with Crippen molar-refractivity contribution in [3.05, 3.63) is 16.1 Å². The van der Waals surface area contributed by atoms with Crippen molar-refractivity contribution in [2.75, 3.05) is 6.54 Å². The normalized spacial score (nSPS) is 22.0. The lowest BCUT2D eigenvalue weighted by Gasteiger charge is -2.13. The van der Waals surface area contributed by atoms with Crippen molar-refractivity contribution in [3.63, 3.8) is 0 Å². The number of hydrogen-bond acceptors (Lipinski definition) is 4. The molecule has 0 spiro atoms. The number of rotatable bonds is 2. The van der Waals surface area contributed by atoms with E-state index in [1.54, 1.807) is 16.2 Å². The Morgan fingerprint density at radius 1 is 1.79 bits per heavy atom. The second-order valence-corrected chi connectivity index (χ2v) is 4.84. The molecule has 14 heavy (non-hydrogen) atoms. The van der Waals surface area contributed by atoms with Crippen LogP contribution in [0.1, 0.15) is 16.3 Å². The maximum absolute atomic E-state index is 11.5. The van der Waals surface area contributed by atoms with E-state index in [1.807, 2.05) is 13.1 Å². The topological polar surface area (TPSA) is 59.2 Å². The third kappa shape index (κ3) is 1.78. The molecular weight excluding hydrogens is 198 g/mol. The second-order valence-electron chi connectivity index (χ2n) is 3.52. The molecule has 1 aliphatic heterocycles. The van der Waals surface area contributed by atoms with Gasteiger partial charge in [0.2, 0.25) is 5.91 Å². The Balaban J connectivity index is 2.02. The average Bonchev–Trinajstić information content (AvgIpc) is 2.67. The van der Waals surface area contributed by atoms with Crippen LogP contribution in [0.4, 0.5) is 0 Å².